The van der Waals surface area contributed by atoms with Crippen molar-refractivity contribution in [1.82, 2.24) is 14.6 Å². The van der Waals surface area contributed by atoms with E-state index in [1.165, 1.54) is 12.6 Å². The second kappa shape index (κ2) is 6.89. The monoisotopic (exact) mass is 389 g/mol. The summed E-state index contributed by atoms with van der Waals surface area (Å²) >= 11 is 12.3. The van der Waals surface area contributed by atoms with Crippen molar-refractivity contribution in [2.24, 2.45) is 0 Å². The van der Waals surface area contributed by atoms with Crippen LogP contribution in [-0.2, 0) is 0 Å². The Hall–Kier alpha value is -2.11. The fourth-order valence-electron chi connectivity index (χ4n) is 3.75. The molecule has 0 bridgehead atoms. The average Bonchev–Trinajstić information content (AvgIpc) is 3.08. The summed E-state index contributed by atoms with van der Waals surface area (Å²) in [6, 6.07) is 5.49. The molecule has 1 aliphatic carbocycles. The van der Waals surface area contributed by atoms with Crippen LogP contribution in [0.4, 0.5) is 0 Å². The maximum absolute atomic E-state index is 11.5. The molecule has 4 rings (SSSR count). The number of hydrogen-bond acceptors (Lipinski definition) is 3. The summed E-state index contributed by atoms with van der Waals surface area (Å²) in [6.45, 7) is 0. The number of carbonyl (C=O) groups is 1. The van der Waals surface area contributed by atoms with E-state index in [0.717, 1.165) is 42.5 Å². The highest BCUT2D eigenvalue weighted by molar-refractivity contribution is 6.42. The zero-order valence-corrected chi connectivity index (χ0v) is 15.5. The van der Waals surface area contributed by atoms with Gasteiger partial charge in [0.05, 0.1) is 21.9 Å². The van der Waals surface area contributed by atoms with E-state index in [1.807, 2.05) is 12.1 Å². The molecule has 0 saturated heterocycles. The molecule has 1 N–H and O–H groups in total. The van der Waals surface area contributed by atoms with Crippen LogP contribution < -0.4 is 0 Å². The maximum atomic E-state index is 11.5. The number of fused-ring (bicyclic) bond motifs is 1. The Bertz CT molecular complexity index is 994. The minimum Gasteiger partial charge on any atom is -0.477 e. The maximum Gasteiger partial charge on any atom is 0.341 e. The molecule has 0 unspecified atom stereocenters. The number of aromatic nitrogens is 3. The average molecular weight is 390 g/mol. The van der Waals surface area contributed by atoms with Gasteiger partial charge in [-0.2, -0.15) is 5.10 Å². The zero-order chi connectivity index (χ0) is 18.3. The lowest BCUT2D eigenvalue weighted by atomic mass is 9.84. The Morgan fingerprint density at radius 2 is 1.88 bits per heavy atom. The molecule has 0 radical (unpaired) electrons. The smallest absolute Gasteiger partial charge is 0.341 e. The van der Waals surface area contributed by atoms with Gasteiger partial charge in [0.1, 0.15) is 5.56 Å². The SMILES string of the molecule is O=C(O)c1cnn2c(C3CCCCC3)c(-c3ccc(Cl)c(Cl)c3)cnc12. The molecule has 0 atom stereocenters. The molecule has 26 heavy (non-hydrogen) atoms. The summed E-state index contributed by atoms with van der Waals surface area (Å²) in [6.07, 6.45) is 8.74. The third-order valence-corrected chi connectivity index (χ3v) is 5.76. The summed E-state index contributed by atoms with van der Waals surface area (Å²) in [7, 11) is 0. The Morgan fingerprint density at radius 3 is 2.58 bits per heavy atom. The summed E-state index contributed by atoms with van der Waals surface area (Å²) in [5.74, 6) is -0.718. The van der Waals surface area contributed by atoms with Gasteiger partial charge in [-0.15, -0.1) is 0 Å². The summed E-state index contributed by atoms with van der Waals surface area (Å²) < 4.78 is 1.69. The van der Waals surface area contributed by atoms with Gasteiger partial charge >= 0.3 is 5.97 Å². The Balaban J connectivity index is 1.96. The van der Waals surface area contributed by atoms with Crippen molar-refractivity contribution < 1.29 is 9.90 Å². The van der Waals surface area contributed by atoms with E-state index in [4.69, 9.17) is 23.2 Å². The lowest BCUT2D eigenvalue weighted by Crippen LogP contribution is -2.13. The lowest BCUT2D eigenvalue weighted by molar-refractivity contribution is 0.0698. The number of aromatic carboxylic acids is 1. The minimum atomic E-state index is -1.02. The normalized spacial score (nSPS) is 15.5. The van der Waals surface area contributed by atoms with Crippen LogP contribution in [0.5, 0.6) is 0 Å². The number of rotatable bonds is 3. The number of hydrogen-bond donors (Lipinski definition) is 1. The van der Waals surface area contributed by atoms with Gasteiger partial charge in [-0.25, -0.2) is 14.3 Å². The van der Waals surface area contributed by atoms with Crippen LogP contribution in [0.1, 0.15) is 54.1 Å². The quantitative estimate of drug-likeness (QED) is 0.646. The van der Waals surface area contributed by atoms with Crippen molar-refractivity contribution in [2.75, 3.05) is 0 Å². The lowest BCUT2D eigenvalue weighted by Gasteiger charge is -2.25. The Labute approximate surface area is 160 Å². The molecule has 7 heteroatoms. The highest BCUT2D eigenvalue weighted by Crippen LogP contribution is 2.39. The van der Waals surface area contributed by atoms with Crippen molar-refractivity contribution in [1.29, 1.82) is 0 Å². The molecule has 0 aliphatic heterocycles. The molecule has 2 aromatic heterocycles. The third kappa shape index (κ3) is 2.95. The van der Waals surface area contributed by atoms with Gasteiger partial charge < -0.3 is 5.11 Å². The van der Waals surface area contributed by atoms with Crippen LogP contribution in [-0.4, -0.2) is 25.7 Å². The first kappa shape index (κ1) is 17.3. The summed E-state index contributed by atoms with van der Waals surface area (Å²) in [5.41, 5.74) is 3.31. The second-order valence-electron chi connectivity index (χ2n) is 6.62. The predicted octanol–water partition coefficient (Wildman–Crippen LogP) is 5.45. The number of carboxylic acids is 1. The van der Waals surface area contributed by atoms with Gasteiger partial charge in [-0.1, -0.05) is 48.5 Å². The molecular formula is C19H17Cl2N3O2. The fraction of sp³-hybridized carbons (Fsp3) is 0.316. The van der Waals surface area contributed by atoms with E-state index < -0.39 is 5.97 Å². The van der Waals surface area contributed by atoms with Gasteiger partial charge in [0.25, 0.3) is 0 Å². The largest absolute Gasteiger partial charge is 0.477 e. The van der Waals surface area contributed by atoms with Crippen LogP contribution in [0.25, 0.3) is 16.8 Å². The minimum absolute atomic E-state index is 0.114. The van der Waals surface area contributed by atoms with Crippen LogP contribution in [0, 0.1) is 0 Å². The van der Waals surface area contributed by atoms with Crippen molar-refractivity contribution in [3.63, 3.8) is 0 Å². The highest BCUT2D eigenvalue weighted by Gasteiger charge is 2.25. The molecule has 3 aromatic rings. The number of halogens is 2. The molecule has 0 spiro atoms. The van der Waals surface area contributed by atoms with Crippen molar-refractivity contribution in [3.8, 4) is 11.1 Å². The molecule has 1 saturated carbocycles. The fourth-order valence-corrected chi connectivity index (χ4v) is 4.05. The van der Waals surface area contributed by atoms with Crippen LogP contribution in [0.3, 0.4) is 0 Å². The molecular weight excluding hydrogens is 373 g/mol. The van der Waals surface area contributed by atoms with Gasteiger partial charge in [-0.05, 0) is 30.5 Å². The Morgan fingerprint density at radius 1 is 1.12 bits per heavy atom. The van der Waals surface area contributed by atoms with Gasteiger partial charge in [0, 0.05) is 17.7 Å². The van der Waals surface area contributed by atoms with Crippen molar-refractivity contribution >= 4 is 34.8 Å². The molecule has 1 aliphatic rings. The molecule has 1 aromatic carbocycles. The standard InChI is InChI=1S/C19H17Cl2N3O2/c20-15-7-6-12(8-16(15)21)13-9-22-18-14(19(25)26)10-23-24(18)17(13)11-4-2-1-3-5-11/h6-11H,1-5H2,(H,25,26). The van der Waals surface area contributed by atoms with Gasteiger partial charge in [-0.3, -0.25) is 0 Å². The van der Waals surface area contributed by atoms with Crippen molar-refractivity contribution in [3.05, 3.63) is 51.9 Å². The molecule has 0 amide bonds. The summed E-state index contributed by atoms with van der Waals surface area (Å²) in [5, 5.41) is 14.7. The Kier molecular flexibility index (Phi) is 4.59. The topological polar surface area (TPSA) is 67.5 Å². The zero-order valence-electron chi connectivity index (χ0n) is 14.0. The number of nitrogens with zero attached hydrogens (tertiary/aromatic N) is 3. The molecule has 134 valence electrons. The third-order valence-electron chi connectivity index (χ3n) is 5.02. The van der Waals surface area contributed by atoms with E-state index >= 15 is 0 Å². The van der Waals surface area contributed by atoms with Crippen LogP contribution in [0.15, 0.2) is 30.6 Å². The van der Waals surface area contributed by atoms with E-state index in [0.29, 0.717) is 21.6 Å². The predicted molar refractivity (Wildman–Crippen MR) is 101 cm³/mol. The second-order valence-corrected chi connectivity index (χ2v) is 7.43. The number of carboxylic acid groups (broad SMARTS) is 1. The number of benzene rings is 1. The van der Waals surface area contributed by atoms with Gasteiger partial charge in [0.2, 0.25) is 0 Å². The van der Waals surface area contributed by atoms with Gasteiger partial charge in [0.15, 0.2) is 5.65 Å². The van der Waals surface area contributed by atoms with E-state index in [9.17, 15) is 9.90 Å². The first-order valence-corrected chi connectivity index (χ1v) is 9.37. The molecule has 1 fully saturated rings. The van der Waals surface area contributed by atoms with E-state index in [1.54, 1.807) is 16.8 Å². The van der Waals surface area contributed by atoms with E-state index in [-0.39, 0.29) is 5.56 Å². The summed E-state index contributed by atoms with van der Waals surface area (Å²) in [4.78, 5) is 15.9. The molecule has 2 heterocycles. The van der Waals surface area contributed by atoms with Crippen LogP contribution >= 0.6 is 23.2 Å². The van der Waals surface area contributed by atoms with Crippen molar-refractivity contribution in [2.45, 2.75) is 38.0 Å². The molecule has 5 nitrogen and oxygen atoms in total. The van der Waals surface area contributed by atoms with E-state index in [2.05, 4.69) is 10.1 Å². The first-order valence-electron chi connectivity index (χ1n) is 8.61. The first-order chi connectivity index (χ1) is 12.6. The van der Waals surface area contributed by atoms with Crippen LogP contribution in [0.2, 0.25) is 10.0 Å². The highest BCUT2D eigenvalue weighted by atomic mass is 35.5.